The van der Waals surface area contributed by atoms with Gasteiger partial charge in [-0.15, -0.1) is 0 Å². The Morgan fingerprint density at radius 3 is 0.929 bits per heavy atom. The van der Waals surface area contributed by atoms with Gasteiger partial charge in [-0.2, -0.15) is 0 Å². The molecule has 18 nitrogen and oxygen atoms in total. The van der Waals surface area contributed by atoms with Crippen molar-refractivity contribution in [3.63, 3.8) is 0 Å². The van der Waals surface area contributed by atoms with Gasteiger partial charge in [0.05, 0.1) is 22.1 Å². The van der Waals surface area contributed by atoms with Crippen LogP contribution in [0.1, 0.15) is 0 Å². The molecule has 28 heavy (non-hydrogen) atoms. The minimum Gasteiger partial charge on any atom is -1.00 e. The van der Waals surface area contributed by atoms with E-state index in [-0.39, 0.29) is 114 Å². The van der Waals surface area contributed by atoms with Crippen LogP contribution in [0, 0.1) is 68.8 Å². The second-order valence-electron chi connectivity index (χ2n) is 2.38. The number of hydrogen-bond acceptors (Lipinski definition) is 16. The number of carbonyl (C=O) groups excluding carboxylic acids is 2. The van der Waals surface area contributed by atoms with Crippen LogP contribution in [0.2, 0.25) is 0 Å². The third-order valence-corrected chi connectivity index (χ3v) is 0.782. The normalized spacial score (nSPS) is 9.43. The SMILES string of the molecule is O=C([O-])C(O)C(O)C(=O)[O-].O=S(=O)([O-])[O-].O=[N+]([O-])[O-].O=[N+]([O-])[O-].[Cl-].[Cu+2].[Dy+3].[Na+].[Ni+2]. The summed E-state index contributed by atoms with van der Waals surface area (Å²) in [6.07, 6.45) is -4.88. The van der Waals surface area contributed by atoms with E-state index in [1.54, 1.807) is 0 Å². The summed E-state index contributed by atoms with van der Waals surface area (Å²) in [6, 6.07) is 0. The fraction of sp³-hybridized carbons (Fsp3) is 0.500. The van der Waals surface area contributed by atoms with E-state index in [1.165, 1.54) is 0 Å². The molecule has 2 unspecified atom stereocenters. The van der Waals surface area contributed by atoms with Crippen molar-refractivity contribution in [1.29, 1.82) is 0 Å². The second-order valence-corrected chi connectivity index (χ2v) is 3.20. The third kappa shape index (κ3) is 109. The Hall–Kier alpha value is 0.706. The van der Waals surface area contributed by atoms with Gasteiger partial charge in [0.1, 0.15) is 12.2 Å². The zero-order valence-electron chi connectivity index (χ0n) is 12.4. The summed E-state index contributed by atoms with van der Waals surface area (Å²) in [5.41, 5.74) is 0. The van der Waals surface area contributed by atoms with Gasteiger partial charge in [0.25, 0.3) is 0 Å². The topological polar surface area (TPSA) is 333 Å². The van der Waals surface area contributed by atoms with Crippen molar-refractivity contribution in [3.05, 3.63) is 30.6 Å². The molecular weight excluding hydrogens is 707 g/mol. The fourth-order valence-electron chi connectivity index (χ4n) is 0.258. The smallest absolute Gasteiger partial charge is 1.00 e. The molecule has 24 heteroatoms. The van der Waals surface area contributed by atoms with Gasteiger partial charge in [-0.3, -0.25) is 8.42 Å². The minimum absolute atomic E-state index is 0. The van der Waals surface area contributed by atoms with Crippen molar-refractivity contribution in [2.24, 2.45) is 0 Å². The molecular formula is C4H4ClCuDyN2NaNiO16S+. The average Bonchev–Trinajstić information content (AvgIpc) is 2.22. The molecule has 0 aromatic carbocycles. The molecule has 0 aliphatic carbocycles. The van der Waals surface area contributed by atoms with Crippen LogP contribution >= 0.6 is 0 Å². The molecule has 0 aliphatic heterocycles. The van der Waals surface area contributed by atoms with Crippen molar-refractivity contribution >= 4 is 22.3 Å². The molecule has 2 N–H and O–H groups in total. The first-order chi connectivity index (χ1) is 9.93. The number of aliphatic hydroxyl groups is 2. The number of nitrogens with zero attached hydrogens (tertiary/aromatic N) is 2. The maximum Gasteiger partial charge on any atom is 3.00 e. The van der Waals surface area contributed by atoms with E-state index >= 15 is 0 Å². The van der Waals surface area contributed by atoms with Crippen molar-refractivity contribution in [3.8, 4) is 0 Å². The molecule has 0 saturated heterocycles. The van der Waals surface area contributed by atoms with E-state index in [9.17, 15) is 19.8 Å². The number of rotatable bonds is 3. The summed E-state index contributed by atoms with van der Waals surface area (Å²) in [5.74, 6) is -4.12. The molecule has 0 aromatic rings. The summed E-state index contributed by atoms with van der Waals surface area (Å²) in [5, 5.41) is 65.2. The van der Waals surface area contributed by atoms with Crippen molar-refractivity contribution in [2.45, 2.75) is 12.2 Å². The van der Waals surface area contributed by atoms with E-state index in [0.717, 1.165) is 0 Å². The van der Waals surface area contributed by atoms with Crippen LogP contribution in [-0.2, 0) is 53.5 Å². The molecule has 170 valence electrons. The number of carboxylic acids is 2. The minimum atomic E-state index is -5.17. The first kappa shape index (κ1) is 56.7. The van der Waals surface area contributed by atoms with Crippen LogP contribution in [0.4, 0.5) is 0 Å². The summed E-state index contributed by atoms with van der Waals surface area (Å²) in [7, 11) is -5.17. The van der Waals surface area contributed by atoms with E-state index in [1.807, 2.05) is 0 Å². The molecule has 0 saturated carbocycles. The fourth-order valence-corrected chi connectivity index (χ4v) is 0.258. The van der Waals surface area contributed by atoms with Crippen molar-refractivity contribution in [1.82, 2.24) is 0 Å². The molecule has 2 atom stereocenters. The molecule has 0 aromatic heterocycles. The van der Waals surface area contributed by atoms with Gasteiger partial charge in [0, 0.05) is 10.4 Å². The van der Waals surface area contributed by atoms with E-state index in [0.29, 0.717) is 0 Å². The van der Waals surface area contributed by atoms with Gasteiger partial charge in [-0.05, 0) is 0 Å². The van der Waals surface area contributed by atoms with Crippen LogP contribution < -0.4 is 52.2 Å². The molecule has 0 fully saturated rings. The standard InChI is InChI=1S/C4H6O6.ClH.Cu.Dy.2NO3.Na.Ni.H2O4S/c5-1(3(7)8)2(6)4(9)10;;;;2*2-1(3)4;;;1-5(2,3)4/h1-2,5-6H,(H,7,8)(H,9,10);1H;;;;;;;(H2,1,2,3,4)/q;;+2;+3;2*-1;+1;+2;/p-5. The van der Waals surface area contributed by atoms with Crippen LogP contribution in [0.25, 0.3) is 0 Å². The molecule has 2 radical (unpaired) electrons. The Bertz CT molecular complexity index is 467. The number of aliphatic carboxylic acids is 2. The van der Waals surface area contributed by atoms with Gasteiger partial charge >= 0.3 is 101 Å². The Morgan fingerprint density at radius 1 is 0.821 bits per heavy atom. The van der Waals surface area contributed by atoms with Gasteiger partial charge in [-0.1, -0.05) is 0 Å². The van der Waals surface area contributed by atoms with Crippen LogP contribution in [-0.4, -0.2) is 62.1 Å². The zero-order valence-corrected chi connectivity index (χ0v) is 19.9. The van der Waals surface area contributed by atoms with Gasteiger partial charge in [0.2, 0.25) is 0 Å². The summed E-state index contributed by atoms with van der Waals surface area (Å²) < 4.78 is 34.1. The quantitative estimate of drug-likeness (QED) is 0.0902. The Balaban J connectivity index is -0.0000000251. The summed E-state index contributed by atoms with van der Waals surface area (Å²) in [4.78, 5) is 35.8. The molecule has 0 bridgehead atoms. The molecule has 0 rings (SSSR count). The number of aliphatic hydroxyl groups excluding tert-OH is 2. The molecule has 0 heterocycles. The zero-order chi connectivity index (χ0) is 20.0. The monoisotopic (exact) mass is 711 g/mol. The first-order valence-electron chi connectivity index (χ1n) is 4.01. The Morgan fingerprint density at radius 2 is 0.893 bits per heavy atom. The van der Waals surface area contributed by atoms with E-state index < -0.39 is 44.7 Å². The Labute approximate surface area is 234 Å². The van der Waals surface area contributed by atoms with Crippen molar-refractivity contribution < 1.29 is 171 Å². The molecule has 0 amide bonds. The second kappa shape index (κ2) is 32.4. The maximum absolute atomic E-state index is 9.63. The van der Waals surface area contributed by atoms with Gasteiger partial charge in [0.15, 0.2) is 0 Å². The molecule has 0 spiro atoms. The van der Waals surface area contributed by atoms with Gasteiger partial charge < -0.3 is 82.2 Å². The molecule has 0 aliphatic rings. The predicted molar refractivity (Wildman–Crippen MR) is 53.2 cm³/mol. The summed E-state index contributed by atoms with van der Waals surface area (Å²) >= 11 is 0. The van der Waals surface area contributed by atoms with E-state index in [2.05, 4.69) is 0 Å². The Kier molecular flexibility index (Phi) is 65.6. The number of carboxylic acid groups (broad SMARTS) is 2. The first-order valence-corrected chi connectivity index (χ1v) is 5.34. The maximum atomic E-state index is 9.63. The summed E-state index contributed by atoms with van der Waals surface area (Å²) in [6.45, 7) is 0. The predicted octanol–water partition coefficient (Wildman–Crippen LogP) is -12.6. The largest absolute Gasteiger partial charge is 3.00 e. The number of hydrogen-bond donors (Lipinski definition) is 2. The number of carbonyl (C=O) groups is 2. The van der Waals surface area contributed by atoms with Crippen LogP contribution in [0.15, 0.2) is 0 Å². The average molecular weight is 711 g/mol. The number of halogens is 1. The van der Waals surface area contributed by atoms with Crippen LogP contribution in [0.5, 0.6) is 0 Å². The van der Waals surface area contributed by atoms with Crippen LogP contribution in [0.3, 0.4) is 0 Å². The van der Waals surface area contributed by atoms with Gasteiger partial charge in [-0.25, -0.2) is 0 Å². The van der Waals surface area contributed by atoms with Crippen molar-refractivity contribution in [2.75, 3.05) is 0 Å². The van der Waals surface area contributed by atoms with E-state index in [4.69, 9.17) is 58.4 Å². The third-order valence-electron chi connectivity index (χ3n) is 0.782.